The molecule has 2 nitrogen and oxygen atoms in total. The van der Waals surface area contributed by atoms with Crippen LogP contribution in [-0.2, 0) is 11.3 Å². The fourth-order valence-electron chi connectivity index (χ4n) is 2.17. The van der Waals surface area contributed by atoms with Gasteiger partial charge in [-0.1, -0.05) is 24.3 Å². The highest BCUT2D eigenvalue weighted by atomic mass is 16.5. The summed E-state index contributed by atoms with van der Waals surface area (Å²) < 4.78 is 5.46. The Hall–Kier alpha value is -0.860. The van der Waals surface area contributed by atoms with E-state index in [1.165, 1.54) is 24.0 Å². The molecule has 1 aliphatic heterocycles. The topological polar surface area (TPSA) is 21.3 Å². The molecule has 2 rings (SSSR count). The van der Waals surface area contributed by atoms with Crippen LogP contribution in [0.5, 0.6) is 0 Å². The summed E-state index contributed by atoms with van der Waals surface area (Å²) in [5.41, 5.74) is 2.78. The van der Waals surface area contributed by atoms with Crippen LogP contribution in [-0.4, -0.2) is 19.3 Å². The van der Waals surface area contributed by atoms with Crippen LogP contribution < -0.4 is 5.32 Å². The second-order valence-electron chi connectivity index (χ2n) is 4.55. The molecule has 88 valence electrons. The molecular formula is C14H21NO. The highest BCUT2D eigenvalue weighted by Gasteiger charge is 2.11. The summed E-state index contributed by atoms with van der Waals surface area (Å²) in [7, 11) is 0. The van der Waals surface area contributed by atoms with Gasteiger partial charge in [-0.3, -0.25) is 0 Å². The summed E-state index contributed by atoms with van der Waals surface area (Å²) >= 11 is 0. The predicted octanol–water partition coefficient (Wildman–Crippen LogP) is 2.65. The molecule has 0 aromatic heterocycles. The molecule has 0 aliphatic carbocycles. The van der Waals surface area contributed by atoms with Gasteiger partial charge in [-0.15, -0.1) is 0 Å². The number of hydrogen-bond donors (Lipinski definition) is 1. The Morgan fingerprint density at radius 1 is 1.25 bits per heavy atom. The molecule has 0 spiro atoms. The molecule has 1 N–H and O–H groups in total. The molecule has 0 radical (unpaired) electrons. The smallest absolute Gasteiger partial charge is 0.0480 e. The molecule has 0 bridgehead atoms. The monoisotopic (exact) mass is 219 g/mol. The fourth-order valence-corrected chi connectivity index (χ4v) is 2.17. The Morgan fingerprint density at radius 2 is 2.12 bits per heavy atom. The van der Waals surface area contributed by atoms with Crippen LogP contribution in [0.1, 0.15) is 30.4 Å². The lowest BCUT2D eigenvalue weighted by molar-refractivity contribution is 0.142. The van der Waals surface area contributed by atoms with Crippen LogP contribution in [0.3, 0.4) is 0 Å². The van der Waals surface area contributed by atoms with E-state index in [1.807, 2.05) is 0 Å². The average Bonchev–Trinajstić information content (AvgIpc) is 2.56. The van der Waals surface area contributed by atoms with Gasteiger partial charge in [0.1, 0.15) is 0 Å². The van der Waals surface area contributed by atoms with Crippen LogP contribution >= 0.6 is 0 Å². The third-order valence-corrected chi connectivity index (χ3v) is 3.29. The van der Waals surface area contributed by atoms with Crippen molar-refractivity contribution in [2.75, 3.05) is 13.2 Å². The first-order chi connectivity index (χ1) is 7.86. The van der Waals surface area contributed by atoms with Gasteiger partial charge in [-0.2, -0.15) is 0 Å². The van der Waals surface area contributed by atoms with E-state index in [4.69, 9.17) is 4.74 Å². The van der Waals surface area contributed by atoms with Crippen molar-refractivity contribution in [2.45, 2.75) is 38.8 Å². The molecule has 1 fully saturated rings. The van der Waals surface area contributed by atoms with Crippen molar-refractivity contribution < 1.29 is 4.74 Å². The number of aryl methyl sites for hydroxylation is 1. The fraction of sp³-hybridized carbons (Fsp3) is 0.571. The van der Waals surface area contributed by atoms with Crippen molar-refractivity contribution in [1.29, 1.82) is 0 Å². The first-order valence-electron chi connectivity index (χ1n) is 6.22. The predicted molar refractivity (Wildman–Crippen MR) is 66.5 cm³/mol. The molecular weight excluding hydrogens is 198 g/mol. The Kier molecular flexibility index (Phi) is 4.37. The maximum absolute atomic E-state index is 5.46. The van der Waals surface area contributed by atoms with Gasteiger partial charge in [0.05, 0.1) is 0 Å². The maximum atomic E-state index is 5.46. The molecule has 1 atom stereocenters. The Bertz CT molecular complexity index is 316. The van der Waals surface area contributed by atoms with Gasteiger partial charge in [0, 0.05) is 25.8 Å². The molecule has 0 amide bonds. The Morgan fingerprint density at radius 3 is 3.00 bits per heavy atom. The third kappa shape index (κ3) is 3.32. The van der Waals surface area contributed by atoms with Crippen molar-refractivity contribution in [3.63, 3.8) is 0 Å². The summed E-state index contributed by atoms with van der Waals surface area (Å²) in [4.78, 5) is 0. The van der Waals surface area contributed by atoms with E-state index in [0.29, 0.717) is 6.04 Å². The first kappa shape index (κ1) is 11.6. The van der Waals surface area contributed by atoms with Crippen molar-refractivity contribution >= 4 is 0 Å². The highest BCUT2D eigenvalue weighted by Crippen LogP contribution is 2.11. The second-order valence-corrected chi connectivity index (χ2v) is 4.55. The SMILES string of the molecule is Cc1ccccc1CN[C@H]1CCCOCC1. The van der Waals surface area contributed by atoms with Crippen LogP contribution in [0.4, 0.5) is 0 Å². The van der Waals surface area contributed by atoms with E-state index in [0.717, 1.165) is 26.2 Å². The summed E-state index contributed by atoms with van der Waals surface area (Å²) in [6.45, 7) is 5.00. The number of rotatable bonds is 3. The summed E-state index contributed by atoms with van der Waals surface area (Å²) in [5, 5.41) is 3.64. The van der Waals surface area contributed by atoms with Crippen molar-refractivity contribution in [3.8, 4) is 0 Å². The van der Waals surface area contributed by atoms with Gasteiger partial charge in [0.2, 0.25) is 0 Å². The lowest BCUT2D eigenvalue weighted by atomic mass is 10.1. The number of hydrogen-bond acceptors (Lipinski definition) is 2. The number of ether oxygens (including phenoxy) is 1. The molecule has 2 heteroatoms. The standard InChI is InChI=1S/C14H21NO/c1-12-5-2-3-6-13(12)11-15-14-7-4-9-16-10-8-14/h2-3,5-6,14-15H,4,7-11H2,1H3/t14-/m0/s1. The van der Waals surface area contributed by atoms with Crippen molar-refractivity contribution in [2.24, 2.45) is 0 Å². The average molecular weight is 219 g/mol. The number of nitrogens with one attached hydrogen (secondary N) is 1. The summed E-state index contributed by atoms with van der Waals surface area (Å²) in [5.74, 6) is 0. The molecule has 1 saturated heterocycles. The van der Waals surface area contributed by atoms with Crippen LogP contribution in [0.2, 0.25) is 0 Å². The lowest BCUT2D eigenvalue weighted by Crippen LogP contribution is -2.28. The molecule has 1 aromatic carbocycles. The van der Waals surface area contributed by atoms with E-state index in [2.05, 4.69) is 36.5 Å². The maximum Gasteiger partial charge on any atom is 0.0480 e. The van der Waals surface area contributed by atoms with Gasteiger partial charge in [-0.05, 0) is 37.3 Å². The zero-order valence-electron chi connectivity index (χ0n) is 10.0. The minimum absolute atomic E-state index is 0.627. The van der Waals surface area contributed by atoms with Crippen LogP contribution in [0.25, 0.3) is 0 Å². The Labute approximate surface area is 98.0 Å². The summed E-state index contributed by atoms with van der Waals surface area (Å²) in [6, 6.07) is 9.21. The Balaban J connectivity index is 1.84. The van der Waals surface area contributed by atoms with Crippen LogP contribution in [0.15, 0.2) is 24.3 Å². The normalized spacial score (nSPS) is 21.7. The van der Waals surface area contributed by atoms with Gasteiger partial charge in [0.25, 0.3) is 0 Å². The highest BCUT2D eigenvalue weighted by molar-refractivity contribution is 5.25. The van der Waals surface area contributed by atoms with E-state index < -0.39 is 0 Å². The number of benzene rings is 1. The second kappa shape index (κ2) is 6.02. The molecule has 1 aliphatic rings. The van der Waals surface area contributed by atoms with Gasteiger partial charge in [0.15, 0.2) is 0 Å². The lowest BCUT2D eigenvalue weighted by Gasteiger charge is -2.16. The quantitative estimate of drug-likeness (QED) is 0.844. The molecule has 0 unspecified atom stereocenters. The molecule has 1 aromatic rings. The summed E-state index contributed by atoms with van der Waals surface area (Å²) in [6.07, 6.45) is 3.57. The van der Waals surface area contributed by atoms with E-state index in [1.54, 1.807) is 0 Å². The van der Waals surface area contributed by atoms with Crippen molar-refractivity contribution in [3.05, 3.63) is 35.4 Å². The van der Waals surface area contributed by atoms with Gasteiger partial charge in [-0.25, -0.2) is 0 Å². The van der Waals surface area contributed by atoms with Gasteiger partial charge < -0.3 is 10.1 Å². The van der Waals surface area contributed by atoms with Gasteiger partial charge >= 0.3 is 0 Å². The van der Waals surface area contributed by atoms with E-state index >= 15 is 0 Å². The molecule has 0 saturated carbocycles. The third-order valence-electron chi connectivity index (χ3n) is 3.29. The van der Waals surface area contributed by atoms with E-state index in [9.17, 15) is 0 Å². The largest absolute Gasteiger partial charge is 0.381 e. The first-order valence-corrected chi connectivity index (χ1v) is 6.22. The minimum atomic E-state index is 0.627. The zero-order valence-corrected chi connectivity index (χ0v) is 10.0. The minimum Gasteiger partial charge on any atom is -0.381 e. The van der Waals surface area contributed by atoms with Crippen LogP contribution in [0, 0.1) is 6.92 Å². The van der Waals surface area contributed by atoms with E-state index in [-0.39, 0.29) is 0 Å². The molecule has 16 heavy (non-hydrogen) atoms. The van der Waals surface area contributed by atoms with Crippen molar-refractivity contribution in [1.82, 2.24) is 5.32 Å². The zero-order chi connectivity index (χ0) is 11.2. The molecule has 1 heterocycles.